The molecule has 6 heteroatoms. The van der Waals surface area contributed by atoms with Crippen molar-refractivity contribution in [1.82, 2.24) is 4.98 Å². The van der Waals surface area contributed by atoms with E-state index < -0.39 is 0 Å². The van der Waals surface area contributed by atoms with Gasteiger partial charge < -0.3 is 11.1 Å². The molecule has 2 aromatic rings. The number of aliphatic imine (C=N–C) groups is 1. The van der Waals surface area contributed by atoms with Crippen molar-refractivity contribution in [2.75, 3.05) is 5.32 Å². The third-order valence-corrected chi connectivity index (χ3v) is 3.91. The number of benzene rings is 1. The first-order valence-electron chi connectivity index (χ1n) is 6.97. The quantitative estimate of drug-likeness (QED) is 0.441. The van der Waals surface area contributed by atoms with Gasteiger partial charge >= 0.3 is 0 Å². The van der Waals surface area contributed by atoms with Crippen LogP contribution < -0.4 is 11.1 Å². The van der Waals surface area contributed by atoms with Crippen LogP contribution >= 0.6 is 35.6 Å². The zero-order valence-corrected chi connectivity index (χ0v) is 15.0. The minimum absolute atomic E-state index is 0. The summed E-state index contributed by atoms with van der Waals surface area (Å²) in [5, 5.41) is 3.79. The Morgan fingerprint density at radius 3 is 2.73 bits per heavy atom. The van der Waals surface area contributed by atoms with Crippen molar-refractivity contribution in [1.29, 1.82) is 0 Å². The van der Waals surface area contributed by atoms with E-state index in [9.17, 15) is 0 Å². The number of rotatable bonds is 3. The van der Waals surface area contributed by atoms with E-state index in [2.05, 4.69) is 21.4 Å². The van der Waals surface area contributed by atoms with Gasteiger partial charge in [-0.3, -0.25) is 0 Å². The van der Waals surface area contributed by atoms with Crippen LogP contribution in [-0.2, 0) is 0 Å². The van der Waals surface area contributed by atoms with Crippen LogP contribution in [0.5, 0.6) is 0 Å². The van der Waals surface area contributed by atoms with Crippen molar-refractivity contribution < 1.29 is 0 Å². The fourth-order valence-corrected chi connectivity index (χ4v) is 2.72. The summed E-state index contributed by atoms with van der Waals surface area (Å²) in [5.74, 6) is 1.66. The molecule has 0 aliphatic heterocycles. The largest absolute Gasteiger partial charge is 0.370 e. The molecule has 3 N–H and O–H groups in total. The molecule has 0 amide bonds. The first-order chi connectivity index (χ1) is 10.2. The molecule has 22 heavy (non-hydrogen) atoms. The fourth-order valence-electron chi connectivity index (χ4n) is 2.52. The molecule has 0 saturated heterocycles. The van der Waals surface area contributed by atoms with Crippen LogP contribution in [-0.4, -0.2) is 17.0 Å². The molecule has 1 heterocycles. The number of nitrogens with zero attached hydrogens (tertiary/aromatic N) is 2. The van der Waals surface area contributed by atoms with E-state index in [1.54, 1.807) is 6.20 Å². The Kier molecular flexibility index (Phi) is 6.02. The Labute approximate surface area is 152 Å². The zero-order valence-electron chi connectivity index (χ0n) is 11.9. The molecule has 0 bridgehead atoms. The summed E-state index contributed by atoms with van der Waals surface area (Å²) in [6.07, 6.45) is 3.73. The molecule has 1 fully saturated rings. The Bertz CT molecular complexity index is 642. The number of aromatic nitrogens is 1. The van der Waals surface area contributed by atoms with E-state index in [1.807, 2.05) is 36.4 Å². The normalized spacial score (nSPS) is 20.7. The maximum atomic E-state index is 6.02. The van der Waals surface area contributed by atoms with Crippen molar-refractivity contribution >= 4 is 47.4 Å². The van der Waals surface area contributed by atoms with Crippen molar-refractivity contribution in [3.05, 3.63) is 59.2 Å². The molecule has 0 spiro atoms. The van der Waals surface area contributed by atoms with Gasteiger partial charge in [0.15, 0.2) is 5.96 Å². The molecule has 1 aromatic carbocycles. The molecule has 0 unspecified atom stereocenters. The summed E-state index contributed by atoms with van der Waals surface area (Å²) in [5.41, 5.74) is 7.18. The highest BCUT2D eigenvalue weighted by Gasteiger charge is 2.30. The van der Waals surface area contributed by atoms with Crippen LogP contribution in [0.15, 0.2) is 53.7 Å². The van der Waals surface area contributed by atoms with E-state index in [-0.39, 0.29) is 30.0 Å². The molecule has 0 radical (unpaired) electrons. The van der Waals surface area contributed by atoms with Gasteiger partial charge in [0.05, 0.1) is 6.04 Å². The second-order valence-electron chi connectivity index (χ2n) is 5.23. The van der Waals surface area contributed by atoms with Gasteiger partial charge in [0.25, 0.3) is 0 Å². The summed E-state index contributed by atoms with van der Waals surface area (Å²) < 4.78 is 0. The first kappa shape index (κ1) is 17.0. The predicted molar refractivity (Wildman–Crippen MR) is 102 cm³/mol. The minimum Gasteiger partial charge on any atom is -0.370 e. The summed E-state index contributed by atoms with van der Waals surface area (Å²) in [6, 6.07) is 13.9. The van der Waals surface area contributed by atoms with Crippen LogP contribution in [0.25, 0.3) is 0 Å². The molecule has 1 aromatic heterocycles. The van der Waals surface area contributed by atoms with Gasteiger partial charge in [-0.25, -0.2) is 9.98 Å². The fraction of sp³-hybridized carbons (Fsp3) is 0.250. The topological polar surface area (TPSA) is 63.3 Å². The number of nitrogens with one attached hydrogen (secondary N) is 1. The maximum absolute atomic E-state index is 6.02. The number of hydrogen-bond acceptors (Lipinski definition) is 2. The molecular weight excluding hydrogens is 411 g/mol. The Hall–Kier alpha value is -1.34. The summed E-state index contributed by atoms with van der Waals surface area (Å²) in [7, 11) is 0. The number of pyridine rings is 1. The van der Waals surface area contributed by atoms with E-state index in [0.29, 0.717) is 17.7 Å². The monoisotopic (exact) mass is 428 g/mol. The lowest BCUT2D eigenvalue weighted by molar-refractivity contribution is 0.353. The smallest absolute Gasteiger partial charge is 0.194 e. The second-order valence-corrected chi connectivity index (χ2v) is 5.67. The molecule has 4 nitrogen and oxygen atoms in total. The summed E-state index contributed by atoms with van der Waals surface area (Å²) in [4.78, 5) is 8.64. The number of hydrogen-bond donors (Lipinski definition) is 2. The van der Waals surface area contributed by atoms with E-state index in [4.69, 9.17) is 17.3 Å². The minimum atomic E-state index is 0. The average molecular weight is 429 g/mol. The Morgan fingerprint density at radius 1 is 1.23 bits per heavy atom. The van der Waals surface area contributed by atoms with Gasteiger partial charge in [0, 0.05) is 11.2 Å². The van der Waals surface area contributed by atoms with Gasteiger partial charge in [-0.1, -0.05) is 29.8 Å². The maximum Gasteiger partial charge on any atom is 0.194 e. The van der Waals surface area contributed by atoms with Crippen molar-refractivity contribution in [2.24, 2.45) is 10.7 Å². The highest BCUT2D eigenvalue weighted by molar-refractivity contribution is 14.0. The molecule has 3 rings (SSSR count). The van der Waals surface area contributed by atoms with Crippen molar-refractivity contribution in [3.8, 4) is 0 Å². The van der Waals surface area contributed by atoms with E-state index >= 15 is 0 Å². The standard InChI is InChI=1S/C16H17ClN4.HI/c17-13-5-3-4-11(8-13)12-9-14(10-12)20-16(18)21-15-6-1-2-7-19-15;/h1-8,12,14H,9-10H2,(H3,18,19,20,21);1H. The van der Waals surface area contributed by atoms with Gasteiger partial charge in [-0.2, -0.15) is 0 Å². The van der Waals surface area contributed by atoms with Crippen LogP contribution in [0.4, 0.5) is 5.82 Å². The van der Waals surface area contributed by atoms with Crippen LogP contribution in [0, 0.1) is 0 Å². The second kappa shape index (κ2) is 7.78. The summed E-state index contributed by atoms with van der Waals surface area (Å²) in [6.45, 7) is 0. The third-order valence-electron chi connectivity index (χ3n) is 3.68. The van der Waals surface area contributed by atoms with Gasteiger partial charge in [0.2, 0.25) is 0 Å². The Balaban J connectivity index is 0.00000176. The van der Waals surface area contributed by atoms with Crippen LogP contribution in [0.2, 0.25) is 5.02 Å². The summed E-state index contributed by atoms with van der Waals surface area (Å²) >= 11 is 6.02. The van der Waals surface area contributed by atoms with Crippen LogP contribution in [0.1, 0.15) is 24.3 Å². The van der Waals surface area contributed by atoms with E-state index in [0.717, 1.165) is 17.9 Å². The highest BCUT2D eigenvalue weighted by atomic mass is 127. The molecule has 116 valence electrons. The number of anilines is 1. The molecule has 1 aliphatic rings. The van der Waals surface area contributed by atoms with Gasteiger partial charge in [-0.05, 0) is 48.6 Å². The van der Waals surface area contributed by atoms with Crippen molar-refractivity contribution in [3.63, 3.8) is 0 Å². The highest BCUT2D eigenvalue weighted by Crippen LogP contribution is 2.39. The van der Waals surface area contributed by atoms with Gasteiger partial charge in [-0.15, -0.1) is 24.0 Å². The lowest BCUT2D eigenvalue weighted by atomic mass is 9.76. The third kappa shape index (κ3) is 4.33. The average Bonchev–Trinajstić information content (AvgIpc) is 2.43. The zero-order chi connectivity index (χ0) is 14.7. The van der Waals surface area contributed by atoms with Crippen molar-refractivity contribution in [2.45, 2.75) is 24.8 Å². The van der Waals surface area contributed by atoms with Crippen LogP contribution in [0.3, 0.4) is 0 Å². The lowest BCUT2D eigenvalue weighted by Gasteiger charge is -2.33. The first-order valence-corrected chi connectivity index (χ1v) is 7.35. The van der Waals surface area contributed by atoms with Gasteiger partial charge in [0.1, 0.15) is 5.82 Å². The lowest BCUT2D eigenvalue weighted by Crippen LogP contribution is -2.31. The van der Waals surface area contributed by atoms with E-state index in [1.165, 1.54) is 5.56 Å². The molecule has 1 saturated carbocycles. The predicted octanol–water partition coefficient (Wildman–Crippen LogP) is 4.03. The number of halogens is 2. The Morgan fingerprint density at radius 2 is 2.05 bits per heavy atom. The SMILES string of the molecule is I.NC(=NC1CC(c2cccc(Cl)c2)C1)Nc1ccccn1. The molecule has 1 aliphatic carbocycles. The molecular formula is C16H18ClIN4. The number of guanidine groups is 1. The number of nitrogens with two attached hydrogens (primary N) is 1. The molecule has 0 atom stereocenters.